The van der Waals surface area contributed by atoms with Crippen molar-refractivity contribution in [3.63, 3.8) is 0 Å². The highest BCUT2D eigenvalue weighted by Gasteiger charge is 2.14. The number of hydrogen-bond acceptors (Lipinski definition) is 5. The fourth-order valence-electron chi connectivity index (χ4n) is 2.93. The van der Waals surface area contributed by atoms with E-state index in [-0.39, 0.29) is 23.0 Å². The number of amides is 1. The maximum Gasteiger partial charge on any atom is 0.262 e. The molecule has 6 nitrogen and oxygen atoms in total. The van der Waals surface area contributed by atoms with Gasteiger partial charge in [0.25, 0.3) is 5.56 Å². The minimum absolute atomic E-state index is 0.0885. The maximum atomic E-state index is 13.0. The van der Waals surface area contributed by atoms with E-state index in [1.165, 1.54) is 23.9 Å². The molecule has 1 aromatic heterocycles. The molecule has 1 heterocycles. The lowest BCUT2D eigenvalue weighted by molar-refractivity contribution is -0.118. The van der Waals surface area contributed by atoms with Crippen molar-refractivity contribution < 1.29 is 13.9 Å². The molecule has 3 rings (SSSR count). The first-order valence-electron chi connectivity index (χ1n) is 9.89. The van der Waals surface area contributed by atoms with Gasteiger partial charge in [-0.1, -0.05) is 35.5 Å². The van der Waals surface area contributed by atoms with E-state index in [0.29, 0.717) is 53.8 Å². The summed E-state index contributed by atoms with van der Waals surface area (Å²) in [6, 6.07) is 10.9. The fourth-order valence-corrected chi connectivity index (χ4v) is 3.96. The highest BCUT2D eigenvalue weighted by atomic mass is 35.5. The Hall–Kier alpha value is -2.42. The zero-order chi connectivity index (χ0) is 22.2. The van der Waals surface area contributed by atoms with Crippen LogP contribution in [0.25, 0.3) is 10.9 Å². The standard InChI is InChI=1S/C22H23ClFN3O3S/c1-2-30-11-3-10-27-21(29)18-9-6-16(23)12-19(18)26-22(27)31-14-20(28)25-13-15-4-7-17(24)8-5-15/h4-9,12H,2-3,10-11,13-14H2,1H3,(H,25,28). The highest BCUT2D eigenvalue weighted by Crippen LogP contribution is 2.20. The summed E-state index contributed by atoms with van der Waals surface area (Å²) in [4.78, 5) is 29.9. The molecular formula is C22H23ClFN3O3S. The van der Waals surface area contributed by atoms with Crippen LogP contribution in [0.15, 0.2) is 52.4 Å². The topological polar surface area (TPSA) is 73.2 Å². The van der Waals surface area contributed by atoms with Gasteiger partial charge in [-0.25, -0.2) is 9.37 Å². The molecule has 2 aromatic carbocycles. The number of hydrogen-bond donors (Lipinski definition) is 1. The lowest BCUT2D eigenvalue weighted by Gasteiger charge is -2.13. The van der Waals surface area contributed by atoms with E-state index < -0.39 is 0 Å². The molecule has 164 valence electrons. The van der Waals surface area contributed by atoms with Gasteiger partial charge < -0.3 is 10.1 Å². The van der Waals surface area contributed by atoms with Crippen molar-refractivity contribution in [2.24, 2.45) is 0 Å². The first-order valence-corrected chi connectivity index (χ1v) is 11.3. The summed E-state index contributed by atoms with van der Waals surface area (Å²) in [5, 5.41) is 4.21. The molecule has 9 heteroatoms. The molecule has 0 saturated carbocycles. The third-order valence-electron chi connectivity index (χ3n) is 4.49. The summed E-state index contributed by atoms with van der Waals surface area (Å²) in [5.41, 5.74) is 1.12. The number of rotatable bonds is 10. The van der Waals surface area contributed by atoms with E-state index in [9.17, 15) is 14.0 Å². The van der Waals surface area contributed by atoms with Crippen LogP contribution in [0.2, 0.25) is 5.02 Å². The molecule has 1 N–H and O–H groups in total. The van der Waals surface area contributed by atoms with Crippen LogP contribution in [0.3, 0.4) is 0 Å². The number of ether oxygens (including phenoxy) is 1. The minimum atomic E-state index is -0.324. The van der Waals surface area contributed by atoms with Crippen molar-refractivity contribution in [3.8, 4) is 0 Å². The number of fused-ring (bicyclic) bond motifs is 1. The largest absolute Gasteiger partial charge is 0.382 e. The summed E-state index contributed by atoms with van der Waals surface area (Å²) in [6.45, 7) is 3.79. The van der Waals surface area contributed by atoms with Gasteiger partial charge in [-0.05, 0) is 49.2 Å². The zero-order valence-corrected chi connectivity index (χ0v) is 18.6. The van der Waals surface area contributed by atoms with E-state index in [1.807, 2.05) is 6.92 Å². The van der Waals surface area contributed by atoms with Gasteiger partial charge in [0.15, 0.2) is 5.16 Å². The average molecular weight is 464 g/mol. The second-order valence-electron chi connectivity index (χ2n) is 6.75. The Balaban J connectivity index is 1.72. The second kappa shape index (κ2) is 11.3. The molecule has 1 amide bonds. The van der Waals surface area contributed by atoms with Crippen molar-refractivity contribution in [1.29, 1.82) is 0 Å². The monoisotopic (exact) mass is 463 g/mol. The van der Waals surface area contributed by atoms with Gasteiger partial charge in [-0.3, -0.25) is 14.2 Å². The van der Waals surface area contributed by atoms with Crippen LogP contribution in [0.1, 0.15) is 18.9 Å². The predicted octanol–water partition coefficient (Wildman–Crippen LogP) is 4.02. The maximum absolute atomic E-state index is 13.0. The van der Waals surface area contributed by atoms with Crippen molar-refractivity contribution in [2.75, 3.05) is 19.0 Å². The summed E-state index contributed by atoms with van der Waals surface area (Å²) >= 11 is 7.25. The SMILES string of the molecule is CCOCCCn1c(SCC(=O)NCc2ccc(F)cc2)nc2cc(Cl)ccc2c1=O. The number of carbonyl (C=O) groups is 1. The Morgan fingerprint density at radius 2 is 2.03 bits per heavy atom. The quantitative estimate of drug-likeness (QED) is 0.279. The van der Waals surface area contributed by atoms with Crippen LogP contribution in [-0.4, -0.2) is 34.4 Å². The number of aromatic nitrogens is 2. The molecule has 0 bridgehead atoms. The molecule has 0 spiro atoms. The van der Waals surface area contributed by atoms with E-state index in [4.69, 9.17) is 16.3 Å². The van der Waals surface area contributed by atoms with Gasteiger partial charge in [0.05, 0.1) is 16.7 Å². The second-order valence-corrected chi connectivity index (χ2v) is 8.13. The third-order valence-corrected chi connectivity index (χ3v) is 5.70. The molecule has 0 fully saturated rings. The van der Waals surface area contributed by atoms with Gasteiger partial charge in [-0.2, -0.15) is 0 Å². The summed E-state index contributed by atoms with van der Waals surface area (Å²) in [5.74, 6) is -0.448. The van der Waals surface area contributed by atoms with Crippen molar-refractivity contribution >= 4 is 40.2 Å². The van der Waals surface area contributed by atoms with Crippen LogP contribution >= 0.6 is 23.4 Å². The van der Waals surface area contributed by atoms with Crippen molar-refractivity contribution in [3.05, 3.63) is 69.2 Å². The molecule has 0 unspecified atom stereocenters. The highest BCUT2D eigenvalue weighted by molar-refractivity contribution is 7.99. The molecule has 0 aliphatic carbocycles. The number of thioether (sulfide) groups is 1. The molecular weight excluding hydrogens is 441 g/mol. The molecule has 0 aliphatic rings. The van der Waals surface area contributed by atoms with E-state index in [0.717, 1.165) is 5.56 Å². The van der Waals surface area contributed by atoms with Crippen LogP contribution in [-0.2, 0) is 22.6 Å². The van der Waals surface area contributed by atoms with Crippen LogP contribution < -0.4 is 10.9 Å². The summed E-state index contributed by atoms with van der Waals surface area (Å²) in [6.07, 6.45) is 0.652. The van der Waals surface area contributed by atoms with Gasteiger partial charge in [0, 0.05) is 31.3 Å². The normalized spacial score (nSPS) is 11.1. The Bertz CT molecular complexity index is 1110. The summed E-state index contributed by atoms with van der Waals surface area (Å²) in [7, 11) is 0. The molecule has 0 aliphatic heterocycles. The number of carbonyl (C=O) groups excluding carboxylic acids is 1. The van der Waals surface area contributed by atoms with Gasteiger partial charge in [0.1, 0.15) is 5.82 Å². The van der Waals surface area contributed by atoms with Crippen molar-refractivity contribution in [2.45, 2.75) is 31.6 Å². The van der Waals surface area contributed by atoms with Crippen molar-refractivity contribution in [1.82, 2.24) is 14.9 Å². The number of nitrogens with one attached hydrogen (secondary N) is 1. The number of nitrogens with zero attached hydrogens (tertiary/aromatic N) is 2. The predicted molar refractivity (Wildman–Crippen MR) is 121 cm³/mol. The smallest absolute Gasteiger partial charge is 0.262 e. The minimum Gasteiger partial charge on any atom is -0.382 e. The van der Waals surface area contributed by atoms with E-state index in [1.54, 1.807) is 34.9 Å². The van der Waals surface area contributed by atoms with Crippen LogP contribution in [0.4, 0.5) is 4.39 Å². The molecule has 31 heavy (non-hydrogen) atoms. The van der Waals surface area contributed by atoms with Gasteiger partial charge in [0.2, 0.25) is 5.91 Å². The molecule has 3 aromatic rings. The zero-order valence-electron chi connectivity index (χ0n) is 17.1. The Morgan fingerprint density at radius 1 is 1.26 bits per heavy atom. The third kappa shape index (κ3) is 6.53. The fraction of sp³-hybridized carbons (Fsp3) is 0.318. The average Bonchev–Trinajstić information content (AvgIpc) is 2.76. The van der Waals surface area contributed by atoms with E-state index in [2.05, 4.69) is 10.3 Å². The van der Waals surface area contributed by atoms with Gasteiger partial charge in [-0.15, -0.1) is 0 Å². The van der Waals surface area contributed by atoms with E-state index >= 15 is 0 Å². The van der Waals surface area contributed by atoms with Crippen LogP contribution in [0, 0.1) is 5.82 Å². The number of benzene rings is 2. The first kappa shape index (κ1) is 23.2. The van der Waals surface area contributed by atoms with Gasteiger partial charge >= 0.3 is 0 Å². The molecule has 0 radical (unpaired) electrons. The van der Waals surface area contributed by atoms with Crippen LogP contribution in [0.5, 0.6) is 0 Å². The first-order chi connectivity index (χ1) is 15.0. The lowest BCUT2D eigenvalue weighted by atomic mass is 10.2. The molecule has 0 saturated heterocycles. The molecule has 0 atom stereocenters. The Morgan fingerprint density at radius 3 is 2.77 bits per heavy atom. The lowest BCUT2D eigenvalue weighted by Crippen LogP contribution is -2.27. The Labute approximate surface area is 188 Å². The number of halogens is 2. The Kier molecular flexibility index (Phi) is 8.45. The summed E-state index contributed by atoms with van der Waals surface area (Å²) < 4.78 is 19.9.